The molecule has 1 saturated heterocycles. The topological polar surface area (TPSA) is 101 Å². The molecule has 0 aliphatic carbocycles. The number of hydrogen-bond acceptors (Lipinski definition) is 5. The van der Waals surface area contributed by atoms with Gasteiger partial charge in [-0.3, -0.25) is 0 Å². The van der Waals surface area contributed by atoms with E-state index in [2.05, 4.69) is 0 Å². The van der Waals surface area contributed by atoms with Crippen LogP contribution in [0.25, 0.3) is 0 Å². The average Bonchev–Trinajstić information content (AvgIpc) is 2.47. The number of benzene rings is 1. The van der Waals surface area contributed by atoms with E-state index in [1.165, 1.54) is 42.7 Å². The molecule has 2 rings (SSSR count). The van der Waals surface area contributed by atoms with Crippen molar-refractivity contribution in [3.63, 3.8) is 0 Å². The molecule has 1 aliphatic rings. The number of nitrogens with zero attached hydrogens (tertiary/aromatic N) is 2. The molecule has 7 nitrogen and oxygen atoms in total. The van der Waals surface area contributed by atoms with Crippen molar-refractivity contribution in [2.45, 2.75) is 28.7 Å². The van der Waals surface area contributed by atoms with Crippen LogP contribution in [0.15, 0.2) is 34.1 Å². The molecule has 124 valence electrons. The molecule has 0 bridgehead atoms. The lowest BCUT2D eigenvalue weighted by Crippen LogP contribution is -2.46. The first kappa shape index (κ1) is 17.4. The van der Waals surface area contributed by atoms with E-state index in [9.17, 15) is 16.8 Å². The van der Waals surface area contributed by atoms with Gasteiger partial charge in [-0.1, -0.05) is 12.1 Å². The minimum Gasteiger partial charge on any atom is -0.327 e. The molecule has 0 spiro atoms. The molecule has 22 heavy (non-hydrogen) atoms. The van der Waals surface area contributed by atoms with Gasteiger partial charge in [-0.05, 0) is 25.0 Å². The largest absolute Gasteiger partial charge is 0.327 e. The maximum absolute atomic E-state index is 12.8. The van der Waals surface area contributed by atoms with Crippen molar-refractivity contribution >= 4 is 20.0 Å². The Morgan fingerprint density at radius 2 is 1.73 bits per heavy atom. The number of hydrogen-bond donors (Lipinski definition) is 1. The summed E-state index contributed by atoms with van der Waals surface area (Å²) in [6.45, 7) is 0.561. The van der Waals surface area contributed by atoms with Crippen molar-refractivity contribution in [1.29, 1.82) is 0 Å². The zero-order valence-corrected chi connectivity index (χ0v) is 14.3. The Bertz CT molecular complexity index is 744. The van der Waals surface area contributed by atoms with Gasteiger partial charge in [0.05, 0.1) is 0 Å². The van der Waals surface area contributed by atoms with Crippen molar-refractivity contribution in [1.82, 2.24) is 8.61 Å². The predicted octanol–water partition coefficient (Wildman–Crippen LogP) is 0.0487. The summed E-state index contributed by atoms with van der Waals surface area (Å²) < 4.78 is 52.6. The molecule has 1 aromatic rings. The van der Waals surface area contributed by atoms with Crippen LogP contribution in [0.2, 0.25) is 0 Å². The summed E-state index contributed by atoms with van der Waals surface area (Å²) in [5.74, 6) is 0. The number of nitrogens with two attached hydrogens (primary N) is 1. The highest BCUT2D eigenvalue weighted by Crippen LogP contribution is 2.27. The number of rotatable bonds is 4. The monoisotopic (exact) mass is 347 g/mol. The summed E-state index contributed by atoms with van der Waals surface area (Å²) in [5, 5.41) is 0. The lowest BCUT2D eigenvalue weighted by atomic mass is 10.1. The molecule has 1 aliphatic heterocycles. The Morgan fingerprint density at radius 1 is 1.14 bits per heavy atom. The fraction of sp³-hybridized carbons (Fsp3) is 0.538. The molecule has 9 heteroatoms. The minimum absolute atomic E-state index is 0.196. The van der Waals surface area contributed by atoms with Gasteiger partial charge in [-0.2, -0.15) is 4.31 Å². The van der Waals surface area contributed by atoms with Crippen molar-refractivity contribution in [3.8, 4) is 0 Å². The SMILES string of the molecule is CN(C)S(=O)(=O)c1ccccc1S(=O)(=O)N1CCCC(N)C1. The van der Waals surface area contributed by atoms with Gasteiger partial charge in [0.1, 0.15) is 9.79 Å². The maximum atomic E-state index is 12.8. The summed E-state index contributed by atoms with van der Waals surface area (Å²) in [4.78, 5) is -0.406. The van der Waals surface area contributed by atoms with Crippen LogP contribution in [0.3, 0.4) is 0 Å². The van der Waals surface area contributed by atoms with Crippen LogP contribution in [-0.4, -0.2) is 58.7 Å². The van der Waals surface area contributed by atoms with Gasteiger partial charge < -0.3 is 5.73 Å². The standard InChI is InChI=1S/C13H21N3O4S2/c1-15(2)21(17,18)12-7-3-4-8-13(12)22(19,20)16-9-5-6-11(14)10-16/h3-4,7-8,11H,5-6,9-10,14H2,1-2H3. The van der Waals surface area contributed by atoms with Gasteiger partial charge in [0.2, 0.25) is 20.0 Å². The van der Waals surface area contributed by atoms with Gasteiger partial charge in [0.15, 0.2) is 0 Å². The van der Waals surface area contributed by atoms with E-state index < -0.39 is 20.0 Å². The van der Waals surface area contributed by atoms with E-state index in [1.807, 2.05) is 0 Å². The first-order valence-corrected chi connectivity index (χ1v) is 9.82. The highest BCUT2D eigenvalue weighted by atomic mass is 32.2. The quantitative estimate of drug-likeness (QED) is 0.829. The molecule has 0 aromatic heterocycles. The zero-order chi connectivity index (χ0) is 16.5. The summed E-state index contributed by atoms with van der Waals surface area (Å²) in [6.07, 6.45) is 1.44. The van der Waals surface area contributed by atoms with Gasteiger partial charge in [-0.15, -0.1) is 0 Å². The van der Waals surface area contributed by atoms with Crippen LogP contribution in [0.4, 0.5) is 0 Å². The Hall–Kier alpha value is -1.00. The molecular formula is C13H21N3O4S2. The van der Waals surface area contributed by atoms with Gasteiger partial charge in [-0.25, -0.2) is 21.1 Å². The fourth-order valence-electron chi connectivity index (χ4n) is 2.40. The molecule has 1 heterocycles. The smallest absolute Gasteiger partial charge is 0.244 e. The second-order valence-corrected chi connectivity index (χ2v) is 9.53. The highest BCUT2D eigenvalue weighted by molar-refractivity contribution is 7.92. The molecule has 0 radical (unpaired) electrons. The lowest BCUT2D eigenvalue weighted by Gasteiger charge is -2.30. The highest BCUT2D eigenvalue weighted by Gasteiger charge is 2.34. The summed E-state index contributed by atoms with van der Waals surface area (Å²) in [7, 11) is -5.00. The Balaban J connectivity index is 2.53. The normalized spacial score (nSPS) is 21.2. The second-order valence-electron chi connectivity index (χ2n) is 5.50. The van der Waals surface area contributed by atoms with Gasteiger partial charge in [0.25, 0.3) is 0 Å². The van der Waals surface area contributed by atoms with Crippen LogP contribution >= 0.6 is 0 Å². The van der Waals surface area contributed by atoms with Crippen molar-refractivity contribution in [2.24, 2.45) is 5.73 Å². The van der Waals surface area contributed by atoms with Crippen LogP contribution in [0.5, 0.6) is 0 Å². The summed E-state index contributed by atoms with van der Waals surface area (Å²) >= 11 is 0. The van der Waals surface area contributed by atoms with Crippen LogP contribution < -0.4 is 5.73 Å². The predicted molar refractivity (Wildman–Crippen MR) is 83.3 cm³/mol. The molecule has 2 N–H and O–H groups in total. The molecule has 1 unspecified atom stereocenters. The molecule has 1 aromatic carbocycles. The van der Waals surface area contributed by atoms with Crippen molar-refractivity contribution < 1.29 is 16.8 Å². The van der Waals surface area contributed by atoms with E-state index in [1.54, 1.807) is 0 Å². The van der Waals surface area contributed by atoms with Crippen LogP contribution in [-0.2, 0) is 20.0 Å². The van der Waals surface area contributed by atoms with Gasteiger partial charge in [0, 0.05) is 33.2 Å². The van der Waals surface area contributed by atoms with Crippen LogP contribution in [0, 0.1) is 0 Å². The molecule has 1 fully saturated rings. The third kappa shape index (κ3) is 3.18. The Labute approximate surface area is 131 Å². The van der Waals surface area contributed by atoms with Crippen molar-refractivity contribution in [2.75, 3.05) is 27.2 Å². The number of sulfonamides is 2. The third-order valence-corrected chi connectivity index (χ3v) is 7.57. The summed E-state index contributed by atoms with van der Waals surface area (Å²) in [6, 6.07) is 5.45. The first-order valence-electron chi connectivity index (χ1n) is 6.94. The van der Waals surface area contributed by atoms with Crippen molar-refractivity contribution in [3.05, 3.63) is 24.3 Å². The molecular weight excluding hydrogens is 326 g/mol. The molecule has 0 saturated carbocycles. The third-order valence-electron chi connectivity index (χ3n) is 3.65. The summed E-state index contributed by atoms with van der Waals surface area (Å²) in [5.41, 5.74) is 5.84. The van der Waals surface area contributed by atoms with E-state index in [0.717, 1.165) is 10.7 Å². The lowest BCUT2D eigenvalue weighted by molar-refractivity contribution is 0.315. The second kappa shape index (κ2) is 6.25. The average molecular weight is 347 g/mol. The Kier molecular flexibility index (Phi) is 4.93. The van der Waals surface area contributed by atoms with Gasteiger partial charge >= 0.3 is 0 Å². The van der Waals surface area contributed by atoms with Crippen LogP contribution in [0.1, 0.15) is 12.8 Å². The van der Waals surface area contributed by atoms with E-state index in [0.29, 0.717) is 13.0 Å². The molecule has 1 atom stereocenters. The maximum Gasteiger partial charge on any atom is 0.244 e. The van der Waals surface area contributed by atoms with E-state index in [4.69, 9.17) is 5.73 Å². The van der Waals surface area contributed by atoms with E-state index in [-0.39, 0.29) is 22.4 Å². The number of piperidine rings is 1. The fourth-order valence-corrected chi connectivity index (χ4v) is 5.61. The van der Waals surface area contributed by atoms with E-state index >= 15 is 0 Å². The Morgan fingerprint density at radius 3 is 2.27 bits per heavy atom. The molecule has 0 amide bonds. The zero-order valence-electron chi connectivity index (χ0n) is 12.6. The minimum atomic E-state index is -3.89. The first-order chi connectivity index (χ1) is 10.2.